The van der Waals surface area contributed by atoms with Crippen LogP contribution in [-0.4, -0.2) is 21.9 Å². The lowest BCUT2D eigenvalue weighted by Crippen LogP contribution is -2.15. The van der Waals surface area contributed by atoms with Gasteiger partial charge in [-0.25, -0.2) is 0 Å². The Morgan fingerprint density at radius 1 is 1.03 bits per heavy atom. The average Bonchev–Trinajstić information content (AvgIpc) is 2.75. The second kappa shape index (κ2) is 9.71. The summed E-state index contributed by atoms with van der Waals surface area (Å²) in [6.45, 7) is 5.64. The van der Waals surface area contributed by atoms with Gasteiger partial charge >= 0.3 is 0 Å². The van der Waals surface area contributed by atoms with Crippen molar-refractivity contribution in [1.82, 2.24) is 4.98 Å². The molecule has 0 aliphatic heterocycles. The highest BCUT2D eigenvalue weighted by Gasteiger charge is 2.20. The van der Waals surface area contributed by atoms with Gasteiger partial charge in [-0.15, -0.1) is 0 Å². The van der Waals surface area contributed by atoms with Crippen molar-refractivity contribution in [2.24, 2.45) is 0 Å². The van der Waals surface area contributed by atoms with Crippen LogP contribution < -0.4 is 15.4 Å². The number of pyridine rings is 1. The zero-order chi connectivity index (χ0) is 22.4. The van der Waals surface area contributed by atoms with Gasteiger partial charge in [0.05, 0.1) is 28.5 Å². The molecule has 8 nitrogen and oxygen atoms in total. The third-order valence-corrected chi connectivity index (χ3v) is 4.46. The molecule has 1 heterocycles. The molecule has 1 unspecified atom stereocenters. The van der Waals surface area contributed by atoms with Crippen molar-refractivity contribution in [2.75, 3.05) is 10.6 Å². The van der Waals surface area contributed by atoms with E-state index in [9.17, 15) is 14.9 Å². The summed E-state index contributed by atoms with van der Waals surface area (Å²) in [7, 11) is 0. The number of anilines is 2. The predicted octanol–water partition coefficient (Wildman–Crippen LogP) is 5.20. The number of amides is 1. The zero-order valence-corrected chi connectivity index (χ0v) is 17.5. The first kappa shape index (κ1) is 21.8. The first-order valence-electron chi connectivity index (χ1n) is 9.88. The van der Waals surface area contributed by atoms with Crippen LogP contribution in [0.1, 0.15) is 42.9 Å². The molecule has 0 bridgehead atoms. The van der Waals surface area contributed by atoms with Crippen molar-refractivity contribution in [3.8, 4) is 5.75 Å². The fraction of sp³-hybridized carbons (Fsp3) is 0.217. The van der Waals surface area contributed by atoms with Gasteiger partial charge < -0.3 is 15.4 Å². The van der Waals surface area contributed by atoms with E-state index < -0.39 is 10.8 Å². The molecule has 1 amide bonds. The molecule has 160 valence electrons. The topological polar surface area (TPSA) is 106 Å². The molecule has 0 saturated carbocycles. The number of nitrogens with one attached hydrogen (secondary N) is 2. The Morgan fingerprint density at radius 2 is 1.77 bits per heavy atom. The van der Waals surface area contributed by atoms with E-state index in [0.717, 1.165) is 5.69 Å². The van der Waals surface area contributed by atoms with Gasteiger partial charge in [-0.05, 0) is 57.2 Å². The van der Waals surface area contributed by atoms with Crippen LogP contribution in [-0.2, 0) is 0 Å². The minimum absolute atomic E-state index is 0.0643. The Hall–Kier alpha value is -3.94. The summed E-state index contributed by atoms with van der Waals surface area (Å²) >= 11 is 0. The van der Waals surface area contributed by atoms with Crippen LogP contribution in [0.4, 0.5) is 17.1 Å². The van der Waals surface area contributed by atoms with Crippen molar-refractivity contribution >= 4 is 23.0 Å². The Balaban J connectivity index is 1.82. The summed E-state index contributed by atoms with van der Waals surface area (Å²) in [6, 6.07) is 16.6. The number of aromatic nitrogens is 1. The van der Waals surface area contributed by atoms with E-state index in [2.05, 4.69) is 15.6 Å². The molecule has 0 aliphatic rings. The monoisotopic (exact) mass is 420 g/mol. The Labute approximate surface area is 180 Å². The Morgan fingerprint density at radius 3 is 2.45 bits per heavy atom. The molecule has 0 aliphatic carbocycles. The third-order valence-electron chi connectivity index (χ3n) is 4.46. The minimum atomic E-state index is -0.514. The first-order valence-corrected chi connectivity index (χ1v) is 9.88. The molecular weight excluding hydrogens is 396 g/mol. The average molecular weight is 420 g/mol. The lowest BCUT2D eigenvalue weighted by molar-refractivity contribution is -0.384. The number of rotatable bonds is 8. The van der Waals surface area contributed by atoms with Crippen LogP contribution in [0.3, 0.4) is 0 Å². The molecule has 3 aromatic rings. The largest absolute Gasteiger partial charge is 0.489 e. The van der Waals surface area contributed by atoms with Gasteiger partial charge in [-0.3, -0.25) is 19.9 Å². The van der Waals surface area contributed by atoms with E-state index in [-0.39, 0.29) is 23.4 Å². The highest BCUT2D eigenvalue weighted by atomic mass is 16.6. The van der Waals surface area contributed by atoms with Crippen molar-refractivity contribution in [1.29, 1.82) is 0 Å². The highest BCUT2D eigenvalue weighted by Crippen LogP contribution is 2.30. The van der Waals surface area contributed by atoms with Crippen LogP contribution in [0.5, 0.6) is 5.75 Å². The van der Waals surface area contributed by atoms with Crippen molar-refractivity contribution in [2.45, 2.75) is 32.9 Å². The van der Waals surface area contributed by atoms with Gasteiger partial charge in [0.1, 0.15) is 11.4 Å². The molecule has 1 atom stereocenters. The molecule has 1 aromatic heterocycles. The molecule has 0 fully saturated rings. The fourth-order valence-electron chi connectivity index (χ4n) is 3.01. The molecule has 8 heteroatoms. The Bertz CT molecular complexity index is 1070. The predicted molar refractivity (Wildman–Crippen MR) is 120 cm³/mol. The van der Waals surface area contributed by atoms with Crippen molar-refractivity contribution in [3.05, 3.63) is 88.2 Å². The van der Waals surface area contributed by atoms with Gasteiger partial charge in [0.25, 0.3) is 11.6 Å². The smallest absolute Gasteiger partial charge is 0.293 e. The number of nitro benzene ring substituents is 1. The van der Waals surface area contributed by atoms with Crippen LogP contribution >= 0.6 is 0 Å². The lowest BCUT2D eigenvalue weighted by atomic mass is 10.1. The maximum Gasteiger partial charge on any atom is 0.293 e. The number of carbonyl (C=O) groups is 1. The second-order valence-corrected chi connectivity index (χ2v) is 7.23. The van der Waals surface area contributed by atoms with Crippen LogP contribution in [0.25, 0.3) is 0 Å². The van der Waals surface area contributed by atoms with Crippen LogP contribution in [0.2, 0.25) is 0 Å². The number of carbonyl (C=O) groups excluding carboxylic acids is 1. The number of hydrogen-bond acceptors (Lipinski definition) is 6. The first-order chi connectivity index (χ1) is 14.8. The summed E-state index contributed by atoms with van der Waals surface area (Å²) in [5, 5.41) is 17.5. The fourth-order valence-corrected chi connectivity index (χ4v) is 3.01. The van der Waals surface area contributed by atoms with E-state index in [4.69, 9.17) is 4.74 Å². The summed E-state index contributed by atoms with van der Waals surface area (Å²) in [6.07, 6.45) is 1.60. The van der Waals surface area contributed by atoms with E-state index in [0.29, 0.717) is 17.1 Å². The lowest BCUT2D eigenvalue weighted by Gasteiger charge is -2.16. The molecule has 2 N–H and O–H groups in total. The molecule has 3 rings (SSSR count). The summed E-state index contributed by atoms with van der Waals surface area (Å²) < 4.78 is 5.71. The summed E-state index contributed by atoms with van der Waals surface area (Å²) in [4.78, 5) is 28.2. The molecule has 2 aromatic carbocycles. The quantitative estimate of drug-likeness (QED) is 0.383. The standard InChI is InChI=1S/C23H24N4O4/c1-15(2)31-22-10-5-4-9-20(22)26-23(28)17-11-12-19(21(14-17)27(29)30)25-16(3)18-8-6-7-13-24-18/h4-16,25H,1-3H3,(H,26,28). The number of nitro groups is 1. The molecule has 31 heavy (non-hydrogen) atoms. The number of ether oxygens (including phenoxy) is 1. The normalized spacial score (nSPS) is 11.6. The third kappa shape index (κ3) is 5.57. The molecule has 0 spiro atoms. The SMILES string of the molecule is CC(C)Oc1ccccc1NC(=O)c1ccc(NC(C)c2ccccn2)c([N+](=O)[O-])c1. The van der Waals surface area contributed by atoms with Gasteiger partial charge in [0.15, 0.2) is 0 Å². The summed E-state index contributed by atoms with van der Waals surface area (Å²) in [5.74, 6) is 0.0649. The zero-order valence-electron chi connectivity index (χ0n) is 17.5. The highest BCUT2D eigenvalue weighted by molar-refractivity contribution is 6.05. The van der Waals surface area contributed by atoms with E-state index in [1.807, 2.05) is 32.9 Å². The van der Waals surface area contributed by atoms with Crippen molar-refractivity contribution in [3.63, 3.8) is 0 Å². The van der Waals surface area contributed by atoms with E-state index in [1.54, 1.807) is 42.6 Å². The van der Waals surface area contributed by atoms with Crippen LogP contribution in [0.15, 0.2) is 66.9 Å². The van der Waals surface area contributed by atoms with Gasteiger partial charge in [-0.2, -0.15) is 0 Å². The summed E-state index contributed by atoms with van der Waals surface area (Å²) in [5.41, 5.74) is 1.53. The number of hydrogen-bond donors (Lipinski definition) is 2. The van der Waals surface area contributed by atoms with Gasteiger partial charge in [0, 0.05) is 17.8 Å². The second-order valence-electron chi connectivity index (χ2n) is 7.23. The van der Waals surface area contributed by atoms with E-state index >= 15 is 0 Å². The van der Waals surface area contributed by atoms with Crippen LogP contribution in [0, 0.1) is 10.1 Å². The molecule has 0 saturated heterocycles. The number of para-hydroxylation sites is 2. The van der Waals surface area contributed by atoms with Gasteiger partial charge in [-0.1, -0.05) is 18.2 Å². The van der Waals surface area contributed by atoms with Crippen molar-refractivity contribution < 1.29 is 14.5 Å². The minimum Gasteiger partial charge on any atom is -0.489 e. The molecule has 0 radical (unpaired) electrons. The number of benzene rings is 2. The maximum atomic E-state index is 12.8. The molecular formula is C23H24N4O4. The van der Waals surface area contributed by atoms with E-state index in [1.165, 1.54) is 12.1 Å². The van der Waals surface area contributed by atoms with Gasteiger partial charge in [0.2, 0.25) is 0 Å². The Kier molecular flexibility index (Phi) is 6.81. The maximum absolute atomic E-state index is 12.8. The number of nitrogens with zero attached hydrogens (tertiary/aromatic N) is 2.